The van der Waals surface area contributed by atoms with Gasteiger partial charge in [0.05, 0.1) is 18.8 Å². The average molecular weight is 372 g/mol. The number of aromatic nitrogens is 2. The maximum absolute atomic E-state index is 14.1. The summed E-state index contributed by atoms with van der Waals surface area (Å²) in [6.07, 6.45) is 1.57. The van der Waals surface area contributed by atoms with E-state index in [0.29, 0.717) is 17.3 Å². The van der Waals surface area contributed by atoms with Gasteiger partial charge in [-0.2, -0.15) is 0 Å². The van der Waals surface area contributed by atoms with Crippen molar-refractivity contribution in [3.05, 3.63) is 65.9 Å². The van der Waals surface area contributed by atoms with Crippen LogP contribution in [0.3, 0.4) is 0 Å². The van der Waals surface area contributed by atoms with Crippen LogP contribution in [0.2, 0.25) is 0 Å². The van der Waals surface area contributed by atoms with E-state index in [1.54, 1.807) is 47.8 Å². The molecule has 1 atom stereocenters. The molecule has 0 saturated carbocycles. The highest BCUT2D eigenvalue weighted by atomic mass is 19.1. The molecule has 0 radical (unpaired) electrons. The molecule has 8 heteroatoms. The first kappa shape index (κ1) is 17.1. The van der Waals surface area contributed by atoms with E-state index in [1.807, 2.05) is 0 Å². The van der Waals surface area contributed by atoms with Crippen molar-refractivity contribution in [3.63, 3.8) is 0 Å². The molecule has 4 rings (SSSR count). The van der Waals surface area contributed by atoms with Crippen molar-refractivity contribution in [3.8, 4) is 5.75 Å². The number of methoxy groups -OCH3 is 1. The van der Waals surface area contributed by atoms with Gasteiger partial charge < -0.3 is 9.64 Å². The van der Waals surface area contributed by atoms with Crippen LogP contribution >= 0.6 is 0 Å². The lowest BCUT2D eigenvalue weighted by atomic mass is 10.2. The van der Waals surface area contributed by atoms with Gasteiger partial charge in [0, 0.05) is 24.0 Å². The van der Waals surface area contributed by atoms with Crippen molar-refractivity contribution >= 4 is 22.9 Å². The number of aliphatic imine (C=N–C) groups is 1. The normalized spacial score (nSPS) is 16.7. The second-order valence-electron chi connectivity index (χ2n) is 6.03. The Hall–Kier alpha value is -3.29. The fourth-order valence-corrected chi connectivity index (χ4v) is 3.12. The van der Waals surface area contributed by atoms with E-state index < -0.39 is 23.8 Å². The van der Waals surface area contributed by atoms with Crippen molar-refractivity contribution in [2.75, 3.05) is 12.0 Å². The summed E-state index contributed by atoms with van der Waals surface area (Å²) in [5.74, 6) is -0.955. The van der Waals surface area contributed by atoms with Crippen LogP contribution in [0.5, 0.6) is 5.75 Å². The minimum atomic E-state index is -0.788. The summed E-state index contributed by atoms with van der Waals surface area (Å²) in [7, 11) is 1.55. The van der Waals surface area contributed by atoms with Gasteiger partial charge >= 0.3 is 0 Å². The first-order valence-corrected chi connectivity index (χ1v) is 8.14. The monoisotopic (exact) mass is 372 g/mol. The quantitative estimate of drug-likeness (QED) is 0.680. The molecule has 0 spiro atoms. The Labute approximate surface area is 153 Å². The lowest BCUT2D eigenvalue weighted by Crippen LogP contribution is -2.30. The number of anilines is 1. The van der Waals surface area contributed by atoms with Gasteiger partial charge in [-0.05, 0) is 31.2 Å². The number of aryl methyl sites for hydroxylation is 1. The maximum Gasteiger partial charge on any atom is 0.208 e. The van der Waals surface area contributed by atoms with E-state index in [4.69, 9.17) is 4.74 Å². The maximum atomic E-state index is 14.1. The molecule has 138 valence electrons. The van der Waals surface area contributed by atoms with E-state index in [2.05, 4.69) is 9.98 Å². The molecule has 0 N–H and O–H groups in total. The molecular formula is C19H15F3N4O. The van der Waals surface area contributed by atoms with Crippen molar-refractivity contribution in [2.45, 2.75) is 13.2 Å². The molecule has 0 saturated heterocycles. The molecule has 1 aliphatic rings. The Balaban J connectivity index is 1.87. The summed E-state index contributed by atoms with van der Waals surface area (Å²) in [5, 5.41) is 0. The number of benzene rings is 2. The lowest BCUT2D eigenvalue weighted by Gasteiger charge is -2.31. The molecule has 0 fully saturated rings. The molecule has 0 aliphatic carbocycles. The van der Waals surface area contributed by atoms with Gasteiger partial charge in [0.2, 0.25) is 6.29 Å². The third kappa shape index (κ3) is 2.92. The highest BCUT2D eigenvalue weighted by molar-refractivity contribution is 5.80. The Kier molecular flexibility index (Phi) is 4.10. The smallest absolute Gasteiger partial charge is 0.208 e. The topological polar surface area (TPSA) is 42.6 Å². The summed E-state index contributed by atoms with van der Waals surface area (Å²) in [6, 6.07) is 8.92. The molecule has 2 aromatic carbocycles. The molecule has 1 aliphatic heterocycles. The molecule has 3 aromatic rings. The molecule has 1 unspecified atom stereocenters. The summed E-state index contributed by atoms with van der Waals surface area (Å²) in [4.78, 5) is 9.98. The molecular weight excluding hydrogens is 357 g/mol. The number of allylic oxidation sites excluding steroid dienone is 1. The summed E-state index contributed by atoms with van der Waals surface area (Å²) < 4.78 is 48.5. The van der Waals surface area contributed by atoms with Gasteiger partial charge in [0.25, 0.3) is 0 Å². The zero-order chi connectivity index (χ0) is 19.1. The van der Waals surface area contributed by atoms with E-state index in [9.17, 15) is 13.2 Å². The highest BCUT2D eigenvalue weighted by Crippen LogP contribution is 2.33. The van der Waals surface area contributed by atoms with Crippen LogP contribution < -0.4 is 9.64 Å². The van der Waals surface area contributed by atoms with Gasteiger partial charge in [-0.15, -0.1) is 0 Å². The standard InChI is InChI=1S/C19H15F3N4O/c1-11-24-18-16(22)7-12(20)8-17(18)26(11)19-23-9-13(21)10-25(19)14-3-5-15(27-2)6-4-14/h3-10,19H,1-2H3. The van der Waals surface area contributed by atoms with Crippen LogP contribution in [0.15, 0.2) is 53.4 Å². The Morgan fingerprint density at radius 1 is 1.07 bits per heavy atom. The summed E-state index contributed by atoms with van der Waals surface area (Å²) >= 11 is 0. The van der Waals surface area contributed by atoms with Gasteiger partial charge in [0.15, 0.2) is 11.6 Å². The number of imidazole rings is 1. The van der Waals surface area contributed by atoms with Gasteiger partial charge in [-0.25, -0.2) is 23.1 Å². The molecule has 0 bridgehead atoms. The van der Waals surface area contributed by atoms with Crippen LogP contribution in [0.1, 0.15) is 12.1 Å². The van der Waals surface area contributed by atoms with Crippen molar-refractivity contribution in [1.29, 1.82) is 0 Å². The minimum Gasteiger partial charge on any atom is -0.497 e. The summed E-state index contributed by atoms with van der Waals surface area (Å²) in [6.45, 7) is 1.66. The third-order valence-electron chi connectivity index (χ3n) is 4.33. The largest absolute Gasteiger partial charge is 0.497 e. The van der Waals surface area contributed by atoms with Crippen LogP contribution in [0, 0.1) is 18.6 Å². The van der Waals surface area contributed by atoms with Crippen LogP contribution in [0.25, 0.3) is 11.0 Å². The highest BCUT2D eigenvalue weighted by Gasteiger charge is 2.26. The molecule has 2 heterocycles. The fraction of sp³-hybridized carbons (Fsp3) is 0.158. The van der Waals surface area contributed by atoms with E-state index in [-0.39, 0.29) is 11.0 Å². The Morgan fingerprint density at radius 2 is 1.81 bits per heavy atom. The van der Waals surface area contributed by atoms with Gasteiger partial charge in [0.1, 0.15) is 22.9 Å². The third-order valence-corrected chi connectivity index (χ3v) is 4.33. The number of hydrogen-bond donors (Lipinski definition) is 0. The molecule has 27 heavy (non-hydrogen) atoms. The first-order chi connectivity index (χ1) is 13.0. The Bertz CT molecular complexity index is 1070. The van der Waals surface area contributed by atoms with E-state index in [0.717, 1.165) is 12.3 Å². The number of halogens is 3. The second-order valence-corrected chi connectivity index (χ2v) is 6.03. The molecule has 1 aromatic heterocycles. The fourth-order valence-electron chi connectivity index (χ4n) is 3.12. The second kappa shape index (κ2) is 6.46. The van der Waals surface area contributed by atoms with Gasteiger partial charge in [-0.3, -0.25) is 4.57 Å². The van der Waals surface area contributed by atoms with Crippen molar-refractivity contribution in [2.24, 2.45) is 4.99 Å². The lowest BCUT2D eigenvalue weighted by molar-refractivity contribution is 0.414. The zero-order valence-electron chi connectivity index (χ0n) is 14.5. The zero-order valence-corrected chi connectivity index (χ0v) is 14.5. The number of fused-ring (bicyclic) bond motifs is 1. The minimum absolute atomic E-state index is 0.0359. The van der Waals surface area contributed by atoms with Crippen LogP contribution in [-0.4, -0.2) is 22.9 Å². The van der Waals surface area contributed by atoms with Crippen molar-refractivity contribution in [1.82, 2.24) is 9.55 Å². The molecule has 5 nitrogen and oxygen atoms in total. The first-order valence-electron chi connectivity index (χ1n) is 8.14. The van der Waals surface area contributed by atoms with Crippen LogP contribution in [0.4, 0.5) is 18.9 Å². The number of rotatable bonds is 3. The van der Waals surface area contributed by atoms with Crippen molar-refractivity contribution < 1.29 is 17.9 Å². The molecule has 0 amide bonds. The van der Waals surface area contributed by atoms with Gasteiger partial charge in [-0.1, -0.05) is 0 Å². The SMILES string of the molecule is COc1ccc(N2C=C(F)C=NC2n2c(C)nc3c(F)cc(F)cc32)cc1. The number of nitrogens with zero attached hydrogens (tertiary/aromatic N) is 4. The predicted molar refractivity (Wildman–Crippen MR) is 96.6 cm³/mol. The van der Waals surface area contributed by atoms with E-state index >= 15 is 0 Å². The summed E-state index contributed by atoms with van der Waals surface area (Å²) in [5.41, 5.74) is 0.904. The Morgan fingerprint density at radius 3 is 2.52 bits per heavy atom. The average Bonchev–Trinajstić information content (AvgIpc) is 2.98. The number of ether oxygens (including phenoxy) is 1. The van der Waals surface area contributed by atoms with E-state index in [1.165, 1.54) is 12.3 Å². The number of hydrogen-bond acceptors (Lipinski definition) is 4. The predicted octanol–water partition coefficient (Wildman–Crippen LogP) is 4.49. The van der Waals surface area contributed by atoms with Crippen LogP contribution in [-0.2, 0) is 0 Å².